The SMILES string of the molecule is Cc1cccc(OC2CCOC2=O)c1[N+](=O)[O-]. The lowest BCUT2D eigenvalue weighted by atomic mass is 10.2. The number of nitro groups is 1. The van der Waals surface area contributed by atoms with Gasteiger partial charge in [-0.3, -0.25) is 10.1 Å². The zero-order valence-corrected chi connectivity index (χ0v) is 9.21. The molecule has 1 saturated heterocycles. The van der Waals surface area contributed by atoms with Crippen molar-refractivity contribution in [2.45, 2.75) is 19.4 Å². The molecular formula is C11H11NO5. The van der Waals surface area contributed by atoms with E-state index < -0.39 is 17.0 Å². The molecule has 2 rings (SSSR count). The molecule has 1 aromatic rings. The van der Waals surface area contributed by atoms with Crippen LogP contribution in [0.1, 0.15) is 12.0 Å². The first-order valence-electron chi connectivity index (χ1n) is 5.17. The molecule has 0 spiro atoms. The summed E-state index contributed by atoms with van der Waals surface area (Å²) in [6.45, 7) is 1.92. The van der Waals surface area contributed by atoms with Crippen LogP contribution in [0.15, 0.2) is 18.2 Å². The van der Waals surface area contributed by atoms with Gasteiger partial charge in [0.2, 0.25) is 0 Å². The summed E-state index contributed by atoms with van der Waals surface area (Å²) < 4.78 is 10.1. The summed E-state index contributed by atoms with van der Waals surface area (Å²) in [5.74, 6) is -0.361. The highest BCUT2D eigenvalue weighted by Gasteiger charge is 2.31. The van der Waals surface area contributed by atoms with E-state index in [4.69, 9.17) is 9.47 Å². The number of carbonyl (C=O) groups excluding carboxylic acids is 1. The van der Waals surface area contributed by atoms with Gasteiger partial charge in [0.1, 0.15) is 0 Å². The maximum absolute atomic E-state index is 11.2. The Bertz CT molecular complexity index is 471. The lowest BCUT2D eigenvalue weighted by molar-refractivity contribution is -0.386. The number of para-hydroxylation sites is 1. The van der Waals surface area contributed by atoms with Crippen molar-refractivity contribution in [1.82, 2.24) is 0 Å². The molecule has 0 bridgehead atoms. The Kier molecular flexibility index (Phi) is 2.95. The second-order valence-electron chi connectivity index (χ2n) is 3.74. The predicted molar refractivity (Wildman–Crippen MR) is 57.8 cm³/mol. The minimum absolute atomic E-state index is 0.104. The number of cyclic esters (lactones) is 1. The van der Waals surface area contributed by atoms with Crippen molar-refractivity contribution in [3.8, 4) is 5.75 Å². The second-order valence-corrected chi connectivity index (χ2v) is 3.74. The third-order valence-corrected chi connectivity index (χ3v) is 2.54. The van der Waals surface area contributed by atoms with E-state index in [1.165, 1.54) is 6.07 Å². The Morgan fingerprint density at radius 3 is 2.88 bits per heavy atom. The van der Waals surface area contributed by atoms with Gasteiger partial charge >= 0.3 is 11.7 Å². The third-order valence-electron chi connectivity index (χ3n) is 2.54. The Labute approximate surface area is 97.3 Å². The van der Waals surface area contributed by atoms with Crippen molar-refractivity contribution >= 4 is 11.7 Å². The zero-order valence-electron chi connectivity index (χ0n) is 9.21. The summed E-state index contributed by atoms with van der Waals surface area (Å²) in [5.41, 5.74) is 0.395. The van der Waals surface area contributed by atoms with E-state index in [0.717, 1.165) is 0 Å². The lowest BCUT2D eigenvalue weighted by Crippen LogP contribution is -2.22. The van der Waals surface area contributed by atoms with E-state index >= 15 is 0 Å². The van der Waals surface area contributed by atoms with Crippen LogP contribution in [-0.4, -0.2) is 23.6 Å². The van der Waals surface area contributed by atoms with Crippen LogP contribution in [0, 0.1) is 17.0 Å². The number of benzene rings is 1. The fourth-order valence-electron chi connectivity index (χ4n) is 1.70. The number of hydrogen-bond donors (Lipinski definition) is 0. The van der Waals surface area contributed by atoms with Gasteiger partial charge in [-0.2, -0.15) is 0 Å². The van der Waals surface area contributed by atoms with Gasteiger partial charge in [-0.1, -0.05) is 12.1 Å². The average Bonchev–Trinajstić information content (AvgIpc) is 2.64. The molecule has 1 fully saturated rings. The summed E-state index contributed by atoms with van der Waals surface area (Å²) in [4.78, 5) is 21.6. The summed E-state index contributed by atoms with van der Waals surface area (Å²) in [7, 11) is 0. The number of nitro benzene ring substituents is 1. The van der Waals surface area contributed by atoms with Crippen LogP contribution < -0.4 is 4.74 Å². The van der Waals surface area contributed by atoms with E-state index in [2.05, 4.69) is 0 Å². The van der Waals surface area contributed by atoms with E-state index in [1.54, 1.807) is 19.1 Å². The summed E-state index contributed by atoms with van der Waals surface area (Å²) in [5, 5.41) is 10.9. The number of carbonyl (C=O) groups is 1. The molecule has 1 atom stereocenters. The fourth-order valence-corrected chi connectivity index (χ4v) is 1.70. The molecule has 1 heterocycles. The molecule has 6 heteroatoms. The third kappa shape index (κ3) is 2.20. The highest BCUT2D eigenvalue weighted by molar-refractivity contribution is 5.77. The van der Waals surface area contributed by atoms with Crippen molar-refractivity contribution < 1.29 is 19.2 Å². The topological polar surface area (TPSA) is 78.7 Å². The van der Waals surface area contributed by atoms with E-state index in [0.29, 0.717) is 18.6 Å². The van der Waals surface area contributed by atoms with Gasteiger partial charge < -0.3 is 9.47 Å². The molecule has 90 valence electrons. The molecule has 6 nitrogen and oxygen atoms in total. The number of nitrogens with zero attached hydrogens (tertiary/aromatic N) is 1. The molecular weight excluding hydrogens is 226 g/mol. The number of esters is 1. The predicted octanol–water partition coefficient (Wildman–Crippen LogP) is 1.60. The van der Waals surface area contributed by atoms with Gasteiger partial charge in [-0.25, -0.2) is 4.79 Å². The summed E-state index contributed by atoms with van der Waals surface area (Å²) >= 11 is 0. The van der Waals surface area contributed by atoms with Crippen molar-refractivity contribution in [2.24, 2.45) is 0 Å². The molecule has 0 saturated carbocycles. The van der Waals surface area contributed by atoms with E-state index in [1.807, 2.05) is 0 Å². The Hall–Kier alpha value is -2.11. The fraction of sp³-hybridized carbons (Fsp3) is 0.364. The number of ether oxygens (including phenoxy) is 2. The number of hydrogen-bond acceptors (Lipinski definition) is 5. The van der Waals surface area contributed by atoms with Crippen LogP contribution in [0.5, 0.6) is 5.75 Å². The molecule has 1 unspecified atom stereocenters. The quantitative estimate of drug-likeness (QED) is 0.453. The Morgan fingerprint density at radius 1 is 1.53 bits per heavy atom. The lowest BCUT2D eigenvalue weighted by Gasteiger charge is -2.10. The van der Waals surface area contributed by atoms with Crippen molar-refractivity contribution in [3.63, 3.8) is 0 Å². The maximum Gasteiger partial charge on any atom is 0.347 e. The molecule has 0 radical (unpaired) electrons. The van der Waals surface area contributed by atoms with Crippen molar-refractivity contribution in [1.29, 1.82) is 0 Å². The van der Waals surface area contributed by atoms with Crippen LogP contribution in [0.4, 0.5) is 5.69 Å². The average molecular weight is 237 g/mol. The van der Waals surface area contributed by atoms with Crippen LogP contribution in [0.2, 0.25) is 0 Å². The first-order valence-corrected chi connectivity index (χ1v) is 5.17. The summed E-state index contributed by atoms with van der Waals surface area (Å²) in [6.07, 6.45) is -0.320. The molecule has 1 aliphatic heterocycles. The molecule has 17 heavy (non-hydrogen) atoms. The normalized spacial score (nSPS) is 18.9. The van der Waals surface area contributed by atoms with Gasteiger partial charge in [-0.15, -0.1) is 0 Å². The summed E-state index contributed by atoms with van der Waals surface area (Å²) in [6, 6.07) is 4.76. The maximum atomic E-state index is 11.2. The zero-order chi connectivity index (χ0) is 12.4. The van der Waals surface area contributed by atoms with Crippen molar-refractivity contribution in [2.75, 3.05) is 6.61 Å². The van der Waals surface area contributed by atoms with Gasteiger partial charge in [0.05, 0.1) is 11.5 Å². The van der Waals surface area contributed by atoms with Crippen LogP contribution >= 0.6 is 0 Å². The standard InChI is InChI=1S/C11H11NO5/c1-7-3-2-4-8(10(7)12(14)15)17-9-5-6-16-11(9)13/h2-4,9H,5-6H2,1H3. The molecule has 0 aliphatic carbocycles. The van der Waals surface area contributed by atoms with Crippen molar-refractivity contribution in [3.05, 3.63) is 33.9 Å². The van der Waals surface area contributed by atoms with Gasteiger partial charge in [0.25, 0.3) is 0 Å². The van der Waals surface area contributed by atoms with Crippen LogP contribution in [0.3, 0.4) is 0 Å². The highest BCUT2D eigenvalue weighted by Crippen LogP contribution is 2.31. The monoisotopic (exact) mass is 237 g/mol. The largest absolute Gasteiger partial charge is 0.471 e. The minimum Gasteiger partial charge on any atom is -0.471 e. The molecule has 0 amide bonds. The smallest absolute Gasteiger partial charge is 0.347 e. The minimum atomic E-state index is -0.740. The van der Waals surface area contributed by atoms with Gasteiger partial charge in [-0.05, 0) is 13.0 Å². The molecule has 1 aliphatic rings. The van der Waals surface area contributed by atoms with Crippen LogP contribution in [0.25, 0.3) is 0 Å². The Morgan fingerprint density at radius 2 is 2.29 bits per heavy atom. The second kappa shape index (κ2) is 4.40. The van der Waals surface area contributed by atoms with E-state index in [9.17, 15) is 14.9 Å². The number of rotatable bonds is 3. The molecule has 0 N–H and O–H groups in total. The van der Waals surface area contributed by atoms with Gasteiger partial charge in [0.15, 0.2) is 11.9 Å². The van der Waals surface area contributed by atoms with E-state index in [-0.39, 0.29) is 11.4 Å². The first-order chi connectivity index (χ1) is 8.09. The molecule has 1 aromatic carbocycles. The number of aryl methyl sites for hydroxylation is 1. The first kappa shape index (κ1) is 11.4. The highest BCUT2D eigenvalue weighted by atomic mass is 16.6. The Balaban J connectivity index is 2.29. The van der Waals surface area contributed by atoms with Crippen LogP contribution in [-0.2, 0) is 9.53 Å². The van der Waals surface area contributed by atoms with Gasteiger partial charge in [0, 0.05) is 12.0 Å². The molecule has 0 aromatic heterocycles.